The highest BCUT2D eigenvalue weighted by Crippen LogP contribution is 2.28. The van der Waals surface area contributed by atoms with Gasteiger partial charge in [0.05, 0.1) is 17.0 Å². The van der Waals surface area contributed by atoms with Gasteiger partial charge in [0.25, 0.3) is 0 Å². The van der Waals surface area contributed by atoms with E-state index < -0.39 is 27.8 Å². The third-order valence-corrected chi connectivity index (χ3v) is 5.45. The van der Waals surface area contributed by atoms with Crippen LogP contribution in [0.5, 0.6) is 5.75 Å². The van der Waals surface area contributed by atoms with Crippen molar-refractivity contribution in [2.75, 3.05) is 22.5 Å². The number of anilines is 2. The minimum Gasteiger partial charge on any atom is -0.490 e. The number of amides is 1. The molecule has 0 aliphatic heterocycles. The molecule has 0 heterocycles. The lowest BCUT2D eigenvalue weighted by molar-refractivity contribution is -0.117. The van der Waals surface area contributed by atoms with Gasteiger partial charge in [-0.05, 0) is 48.9 Å². The summed E-state index contributed by atoms with van der Waals surface area (Å²) in [4.78, 5) is 12.8. The van der Waals surface area contributed by atoms with Crippen molar-refractivity contribution < 1.29 is 22.3 Å². The molecule has 0 bridgehead atoms. The monoisotopic (exact) mass is 440 g/mol. The second kappa shape index (κ2) is 9.76. The minimum atomic E-state index is -3.85. The number of nitrogens with one attached hydrogen (secondary N) is 1. The topological polar surface area (TPSA) is 75.7 Å². The number of halogens is 2. The van der Waals surface area contributed by atoms with Gasteiger partial charge in [-0.3, -0.25) is 9.10 Å². The lowest BCUT2D eigenvalue weighted by atomic mass is 10.1. The van der Waals surface area contributed by atoms with Gasteiger partial charge in [-0.25, -0.2) is 12.8 Å². The van der Waals surface area contributed by atoms with Crippen LogP contribution in [-0.4, -0.2) is 33.2 Å². The van der Waals surface area contributed by atoms with Gasteiger partial charge >= 0.3 is 0 Å². The molecule has 0 unspecified atom stereocenters. The molecule has 156 valence electrons. The average Bonchev–Trinajstić information content (AvgIpc) is 2.66. The lowest BCUT2D eigenvalue weighted by Gasteiger charge is -2.30. The Bertz CT molecular complexity index is 980. The third-order valence-electron chi connectivity index (χ3n) is 3.98. The maximum Gasteiger partial charge on any atom is 0.248 e. The van der Waals surface area contributed by atoms with Crippen LogP contribution in [0.3, 0.4) is 0 Å². The molecular formula is C20H22ClFN2O4S. The first kappa shape index (κ1) is 22.7. The zero-order valence-electron chi connectivity index (χ0n) is 16.1. The summed E-state index contributed by atoms with van der Waals surface area (Å²) in [6.45, 7) is 5.60. The van der Waals surface area contributed by atoms with Gasteiger partial charge in [0.15, 0.2) is 0 Å². The Morgan fingerprint density at radius 1 is 1.31 bits per heavy atom. The van der Waals surface area contributed by atoms with E-state index in [0.29, 0.717) is 18.0 Å². The fraction of sp³-hybridized carbons (Fsp3) is 0.250. The fourth-order valence-electron chi connectivity index (χ4n) is 2.70. The molecule has 29 heavy (non-hydrogen) atoms. The highest BCUT2D eigenvalue weighted by molar-refractivity contribution is 7.92. The predicted octanol–water partition coefficient (Wildman–Crippen LogP) is 4.23. The summed E-state index contributed by atoms with van der Waals surface area (Å²) in [6.07, 6.45) is 2.78. The van der Waals surface area contributed by atoms with Crippen molar-refractivity contribution in [1.29, 1.82) is 0 Å². The molecule has 9 heteroatoms. The summed E-state index contributed by atoms with van der Waals surface area (Å²) in [5, 5.41) is 2.46. The Morgan fingerprint density at radius 3 is 2.48 bits per heavy atom. The van der Waals surface area contributed by atoms with Crippen LogP contribution in [-0.2, 0) is 14.8 Å². The van der Waals surface area contributed by atoms with Gasteiger partial charge in [0.2, 0.25) is 15.9 Å². The highest BCUT2D eigenvalue weighted by atomic mass is 35.5. The number of carbonyl (C=O) groups excluding carboxylic acids is 1. The largest absolute Gasteiger partial charge is 0.490 e. The molecule has 2 rings (SSSR count). The molecular weight excluding hydrogens is 419 g/mol. The Balaban J connectivity index is 2.28. The van der Waals surface area contributed by atoms with E-state index in [2.05, 4.69) is 11.9 Å². The van der Waals surface area contributed by atoms with E-state index in [1.54, 1.807) is 37.3 Å². The molecule has 2 aromatic rings. The zero-order valence-corrected chi connectivity index (χ0v) is 17.6. The van der Waals surface area contributed by atoms with Crippen molar-refractivity contribution >= 4 is 38.9 Å². The highest BCUT2D eigenvalue weighted by Gasteiger charge is 2.32. The first-order valence-corrected chi connectivity index (χ1v) is 11.0. The van der Waals surface area contributed by atoms with Crippen molar-refractivity contribution in [3.8, 4) is 5.75 Å². The molecule has 0 saturated carbocycles. The van der Waals surface area contributed by atoms with Crippen LogP contribution >= 0.6 is 11.6 Å². The smallest absolute Gasteiger partial charge is 0.248 e. The van der Waals surface area contributed by atoms with Crippen LogP contribution in [0.15, 0.2) is 55.1 Å². The predicted molar refractivity (Wildman–Crippen MR) is 114 cm³/mol. The van der Waals surface area contributed by atoms with Gasteiger partial charge in [-0.2, -0.15) is 0 Å². The van der Waals surface area contributed by atoms with Gasteiger partial charge < -0.3 is 10.1 Å². The van der Waals surface area contributed by atoms with E-state index >= 15 is 0 Å². The summed E-state index contributed by atoms with van der Waals surface area (Å²) < 4.78 is 44.7. The van der Waals surface area contributed by atoms with E-state index in [4.69, 9.17) is 16.3 Å². The van der Waals surface area contributed by atoms with E-state index in [1.165, 1.54) is 12.1 Å². The van der Waals surface area contributed by atoms with Crippen LogP contribution in [0.25, 0.3) is 0 Å². The Labute approximate surface area is 175 Å². The first-order valence-electron chi connectivity index (χ1n) is 8.76. The molecule has 0 radical (unpaired) electrons. The summed E-state index contributed by atoms with van der Waals surface area (Å²) in [5.41, 5.74) is 0.582. The fourth-order valence-corrected chi connectivity index (χ4v) is 4.08. The molecule has 0 aliphatic rings. The molecule has 0 aliphatic carbocycles. The van der Waals surface area contributed by atoms with Crippen LogP contribution in [0.1, 0.15) is 13.3 Å². The number of ether oxygens (including phenoxy) is 1. The van der Waals surface area contributed by atoms with Gasteiger partial charge in [0.1, 0.15) is 24.2 Å². The van der Waals surface area contributed by atoms with Gasteiger partial charge in [-0.1, -0.05) is 31.2 Å². The maximum atomic E-state index is 13.5. The van der Waals surface area contributed by atoms with Gasteiger partial charge in [0, 0.05) is 5.69 Å². The molecule has 6 nitrogen and oxygen atoms in total. The Kier molecular flexibility index (Phi) is 7.64. The van der Waals surface area contributed by atoms with E-state index in [0.717, 1.165) is 16.6 Å². The number of benzene rings is 2. The van der Waals surface area contributed by atoms with E-state index in [9.17, 15) is 17.6 Å². The van der Waals surface area contributed by atoms with E-state index in [1.807, 2.05) is 0 Å². The SMILES string of the molecule is C=CCOc1ccc(NC(=O)[C@H](CC)N(c2ccc(F)c(Cl)c2)S(C)(=O)=O)cc1. The number of carbonyl (C=O) groups is 1. The van der Waals surface area contributed by atoms with Crippen molar-refractivity contribution in [2.24, 2.45) is 0 Å². The first-order chi connectivity index (χ1) is 13.7. The Morgan fingerprint density at radius 2 is 1.97 bits per heavy atom. The van der Waals surface area contributed by atoms with Crippen LogP contribution in [0.2, 0.25) is 5.02 Å². The molecule has 0 fully saturated rings. The number of hydrogen-bond acceptors (Lipinski definition) is 4. The molecule has 0 spiro atoms. The Hall–Kier alpha value is -2.58. The molecule has 1 atom stereocenters. The molecule has 0 saturated heterocycles. The number of rotatable bonds is 9. The number of sulfonamides is 1. The lowest BCUT2D eigenvalue weighted by Crippen LogP contribution is -2.47. The minimum absolute atomic E-state index is 0.106. The average molecular weight is 441 g/mol. The molecule has 2 aromatic carbocycles. The van der Waals surface area contributed by atoms with Crippen molar-refractivity contribution in [1.82, 2.24) is 0 Å². The second-order valence-electron chi connectivity index (χ2n) is 6.19. The van der Waals surface area contributed by atoms with Crippen molar-refractivity contribution in [2.45, 2.75) is 19.4 Å². The molecule has 1 amide bonds. The van der Waals surface area contributed by atoms with Crippen LogP contribution < -0.4 is 14.4 Å². The third kappa shape index (κ3) is 5.95. The summed E-state index contributed by atoms with van der Waals surface area (Å²) >= 11 is 5.80. The van der Waals surface area contributed by atoms with Gasteiger partial charge in [-0.15, -0.1) is 0 Å². The zero-order chi connectivity index (χ0) is 21.6. The maximum absolute atomic E-state index is 13.5. The summed E-state index contributed by atoms with van der Waals surface area (Å²) in [6, 6.07) is 9.09. The van der Waals surface area contributed by atoms with Crippen LogP contribution in [0.4, 0.5) is 15.8 Å². The standard InChI is InChI=1S/C20H22ClFN2O4S/c1-4-12-28-16-9-6-14(7-10-16)23-20(25)19(5-2)24(29(3,26)27)15-8-11-18(22)17(21)13-15/h4,6-11,13,19H,1,5,12H2,2-3H3,(H,23,25)/t19-/m0/s1. The summed E-state index contributed by atoms with van der Waals surface area (Å²) in [5.74, 6) is -0.605. The van der Waals surface area contributed by atoms with E-state index in [-0.39, 0.29) is 17.1 Å². The molecule has 1 N–H and O–H groups in total. The van der Waals surface area contributed by atoms with Crippen molar-refractivity contribution in [3.63, 3.8) is 0 Å². The number of hydrogen-bond donors (Lipinski definition) is 1. The van der Waals surface area contributed by atoms with Crippen molar-refractivity contribution in [3.05, 3.63) is 66.0 Å². The van der Waals surface area contributed by atoms with Crippen LogP contribution in [0, 0.1) is 5.82 Å². The summed E-state index contributed by atoms with van der Waals surface area (Å²) in [7, 11) is -3.85. The quantitative estimate of drug-likeness (QED) is 0.592. The second-order valence-corrected chi connectivity index (χ2v) is 8.46. The normalized spacial score (nSPS) is 12.1. The molecule has 0 aromatic heterocycles. The number of nitrogens with zero attached hydrogens (tertiary/aromatic N) is 1.